The van der Waals surface area contributed by atoms with Gasteiger partial charge in [0.2, 0.25) is 5.91 Å². The molecule has 0 atom stereocenters. The third kappa shape index (κ3) is 3.30. The number of methoxy groups -OCH3 is 1. The number of fused-ring (bicyclic) bond motifs is 1. The van der Waals surface area contributed by atoms with Crippen molar-refractivity contribution >= 4 is 23.0 Å². The van der Waals surface area contributed by atoms with Gasteiger partial charge in [-0.25, -0.2) is 4.98 Å². The van der Waals surface area contributed by atoms with Gasteiger partial charge in [0.05, 0.1) is 24.7 Å². The van der Waals surface area contributed by atoms with Gasteiger partial charge < -0.3 is 14.6 Å². The van der Waals surface area contributed by atoms with Crippen LogP contribution >= 0.6 is 0 Å². The van der Waals surface area contributed by atoms with Crippen molar-refractivity contribution in [3.05, 3.63) is 66.0 Å². The van der Waals surface area contributed by atoms with Crippen LogP contribution in [0.15, 0.2) is 54.6 Å². The van der Waals surface area contributed by atoms with Crippen LogP contribution in [0.2, 0.25) is 0 Å². The number of hydrogen-bond acceptors (Lipinski definition) is 3. The van der Waals surface area contributed by atoms with Gasteiger partial charge >= 0.3 is 0 Å². The number of aromatic nitrogens is 2. The van der Waals surface area contributed by atoms with Crippen LogP contribution in [0.4, 0.5) is 0 Å². The Kier molecular flexibility index (Phi) is 4.61. The molecule has 24 heavy (non-hydrogen) atoms. The largest absolute Gasteiger partial charge is 0.496 e. The van der Waals surface area contributed by atoms with E-state index in [1.165, 1.54) is 6.08 Å². The first-order valence-electron chi connectivity index (χ1n) is 7.68. The summed E-state index contributed by atoms with van der Waals surface area (Å²) in [5, 5.41) is 2.86. The van der Waals surface area contributed by atoms with E-state index >= 15 is 0 Å². The first-order valence-corrected chi connectivity index (χ1v) is 7.68. The Morgan fingerprint density at radius 1 is 1.21 bits per heavy atom. The number of carbonyl (C=O) groups is 1. The van der Waals surface area contributed by atoms with Gasteiger partial charge in [0.15, 0.2) is 0 Å². The molecule has 122 valence electrons. The lowest BCUT2D eigenvalue weighted by Crippen LogP contribution is -2.22. The smallest absolute Gasteiger partial charge is 0.244 e. The molecule has 0 aliphatic carbocycles. The van der Waals surface area contributed by atoms with Crippen LogP contribution in [0.25, 0.3) is 17.1 Å². The van der Waals surface area contributed by atoms with Gasteiger partial charge in [-0.3, -0.25) is 4.79 Å². The molecule has 5 heteroatoms. The molecule has 2 aromatic carbocycles. The number of benzene rings is 2. The van der Waals surface area contributed by atoms with Gasteiger partial charge in [-0.2, -0.15) is 0 Å². The highest BCUT2D eigenvalue weighted by Crippen LogP contribution is 2.18. The SMILES string of the molecule is COc1ccccc1/C=C/C(=O)NCc1nc2ccccc2n1C. The van der Waals surface area contributed by atoms with Gasteiger partial charge in [-0.05, 0) is 24.3 Å². The molecule has 0 aliphatic rings. The van der Waals surface area contributed by atoms with Gasteiger partial charge in [-0.15, -0.1) is 0 Å². The number of imidazole rings is 1. The molecule has 0 spiro atoms. The van der Waals surface area contributed by atoms with Crippen molar-refractivity contribution in [2.75, 3.05) is 7.11 Å². The summed E-state index contributed by atoms with van der Waals surface area (Å²) in [5.74, 6) is 1.38. The number of hydrogen-bond donors (Lipinski definition) is 1. The van der Waals surface area contributed by atoms with E-state index in [-0.39, 0.29) is 5.91 Å². The molecule has 0 unspecified atom stereocenters. The van der Waals surface area contributed by atoms with Gasteiger partial charge in [0.1, 0.15) is 11.6 Å². The van der Waals surface area contributed by atoms with Crippen molar-refractivity contribution in [3.63, 3.8) is 0 Å². The number of rotatable bonds is 5. The van der Waals surface area contributed by atoms with E-state index < -0.39 is 0 Å². The van der Waals surface area contributed by atoms with Crippen LogP contribution in [0, 0.1) is 0 Å². The van der Waals surface area contributed by atoms with Crippen LogP contribution in [0.3, 0.4) is 0 Å². The fraction of sp³-hybridized carbons (Fsp3) is 0.158. The quantitative estimate of drug-likeness (QED) is 0.735. The second-order valence-electron chi connectivity index (χ2n) is 5.37. The summed E-state index contributed by atoms with van der Waals surface area (Å²) in [5.41, 5.74) is 2.83. The summed E-state index contributed by atoms with van der Waals surface area (Å²) in [4.78, 5) is 16.6. The van der Waals surface area contributed by atoms with E-state index in [0.29, 0.717) is 6.54 Å². The lowest BCUT2D eigenvalue weighted by atomic mass is 10.2. The zero-order chi connectivity index (χ0) is 16.9. The second-order valence-corrected chi connectivity index (χ2v) is 5.37. The predicted octanol–water partition coefficient (Wildman–Crippen LogP) is 2.91. The van der Waals surface area contributed by atoms with Crippen LogP contribution in [-0.4, -0.2) is 22.6 Å². The average Bonchev–Trinajstić information content (AvgIpc) is 2.94. The summed E-state index contributed by atoms with van der Waals surface area (Å²) in [6.07, 6.45) is 3.24. The molecule has 1 aromatic heterocycles. The maximum atomic E-state index is 12.0. The van der Waals surface area contributed by atoms with Gasteiger partial charge in [0.25, 0.3) is 0 Å². The van der Waals surface area contributed by atoms with Gasteiger partial charge in [-0.1, -0.05) is 30.3 Å². The number of nitrogens with one attached hydrogen (secondary N) is 1. The zero-order valence-corrected chi connectivity index (χ0v) is 13.7. The number of amides is 1. The minimum Gasteiger partial charge on any atom is -0.496 e. The van der Waals surface area contributed by atoms with Crippen molar-refractivity contribution in [2.24, 2.45) is 7.05 Å². The van der Waals surface area contributed by atoms with E-state index in [1.807, 2.05) is 60.1 Å². The molecule has 3 rings (SSSR count). The first kappa shape index (κ1) is 15.8. The lowest BCUT2D eigenvalue weighted by molar-refractivity contribution is -0.116. The normalized spacial score (nSPS) is 11.1. The van der Waals surface area contributed by atoms with Crippen molar-refractivity contribution in [1.82, 2.24) is 14.9 Å². The summed E-state index contributed by atoms with van der Waals surface area (Å²) >= 11 is 0. The third-order valence-electron chi connectivity index (χ3n) is 3.85. The highest BCUT2D eigenvalue weighted by atomic mass is 16.5. The fourth-order valence-corrected chi connectivity index (χ4v) is 2.55. The molecule has 1 amide bonds. The molecule has 1 N–H and O–H groups in total. The summed E-state index contributed by atoms with van der Waals surface area (Å²) in [6.45, 7) is 0.375. The van der Waals surface area contributed by atoms with E-state index in [9.17, 15) is 4.79 Å². The molecule has 0 bridgehead atoms. The monoisotopic (exact) mass is 321 g/mol. The number of carbonyl (C=O) groups excluding carboxylic acids is 1. The average molecular weight is 321 g/mol. The minimum absolute atomic E-state index is 0.173. The molecular formula is C19H19N3O2. The Balaban J connectivity index is 1.66. The van der Waals surface area contributed by atoms with Crippen molar-refractivity contribution in [1.29, 1.82) is 0 Å². The molecule has 0 radical (unpaired) electrons. The fourth-order valence-electron chi connectivity index (χ4n) is 2.55. The van der Waals surface area contributed by atoms with Crippen LogP contribution in [-0.2, 0) is 18.4 Å². The first-order chi connectivity index (χ1) is 11.7. The van der Waals surface area contributed by atoms with Crippen molar-refractivity contribution in [3.8, 4) is 5.75 Å². The number of nitrogens with zero attached hydrogens (tertiary/aromatic N) is 2. The van der Waals surface area contributed by atoms with Crippen molar-refractivity contribution < 1.29 is 9.53 Å². The lowest BCUT2D eigenvalue weighted by Gasteiger charge is -2.04. The Bertz CT molecular complexity index is 897. The predicted molar refractivity (Wildman–Crippen MR) is 94.6 cm³/mol. The van der Waals surface area contributed by atoms with Crippen LogP contribution in [0.5, 0.6) is 5.75 Å². The Morgan fingerprint density at radius 3 is 2.75 bits per heavy atom. The molecule has 0 saturated heterocycles. The minimum atomic E-state index is -0.173. The van der Waals surface area contributed by atoms with Crippen molar-refractivity contribution in [2.45, 2.75) is 6.54 Å². The topological polar surface area (TPSA) is 56.1 Å². The molecule has 0 aliphatic heterocycles. The summed E-state index contributed by atoms with van der Waals surface area (Å²) < 4.78 is 7.25. The number of aryl methyl sites for hydroxylation is 1. The molecule has 3 aromatic rings. The second kappa shape index (κ2) is 7.00. The molecule has 1 heterocycles. The summed E-state index contributed by atoms with van der Waals surface area (Å²) in [7, 11) is 3.56. The third-order valence-corrected chi connectivity index (χ3v) is 3.85. The highest BCUT2D eigenvalue weighted by molar-refractivity contribution is 5.92. The molecular weight excluding hydrogens is 302 g/mol. The van der Waals surface area contributed by atoms with E-state index in [2.05, 4.69) is 10.3 Å². The number of ether oxygens (including phenoxy) is 1. The Labute approximate surface area is 140 Å². The van der Waals surface area contributed by atoms with Gasteiger partial charge in [0, 0.05) is 18.7 Å². The van der Waals surface area contributed by atoms with E-state index in [0.717, 1.165) is 28.2 Å². The molecule has 5 nitrogen and oxygen atoms in total. The van der Waals surface area contributed by atoms with E-state index in [1.54, 1.807) is 13.2 Å². The van der Waals surface area contributed by atoms with Crippen LogP contribution < -0.4 is 10.1 Å². The van der Waals surface area contributed by atoms with E-state index in [4.69, 9.17) is 4.74 Å². The van der Waals surface area contributed by atoms with Crippen LogP contribution in [0.1, 0.15) is 11.4 Å². The molecule has 0 saturated carbocycles. The number of para-hydroxylation sites is 3. The molecule has 0 fully saturated rings. The summed E-state index contributed by atoms with van der Waals surface area (Å²) in [6, 6.07) is 15.4. The maximum absolute atomic E-state index is 12.0. The standard InChI is InChI=1S/C19H19N3O2/c1-22-16-9-5-4-8-15(16)21-18(22)13-20-19(23)12-11-14-7-3-6-10-17(14)24-2/h3-12H,13H2,1-2H3,(H,20,23)/b12-11+. The zero-order valence-electron chi connectivity index (χ0n) is 13.7. The highest BCUT2D eigenvalue weighted by Gasteiger charge is 2.07. The maximum Gasteiger partial charge on any atom is 0.244 e. The Hall–Kier alpha value is -3.08. The Morgan fingerprint density at radius 2 is 1.96 bits per heavy atom.